The zero-order valence-corrected chi connectivity index (χ0v) is 7.30. The number of ether oxygens (including phenoxy) is 1. The van der Waals surface area contributed by atoms with Gasteiger partial charge in [-0.15, -0.1) is 0 Å². The van der Waals surface area contributed by atoms with Crippen LogP contribution in [0.4, 0.5) is 0 Å². The summed E-state index contributed by atoms with van der Waals surface area (Å²) in [7, 11) is 0. The van der Waals surface area contributed by atoms with Gasteiger partial charge in [-0.05, 0) is 12.8 Å². The van der Waals surface area contributed by atoms with E-state index in [1.807, 2.05) is 6.92 Å². The fourth-order valence-corrected chi connectivity index (χ4v) is 1.49. The van der Waals surface area contributed by atoms with Crippen LogP contribution in [0.5, 0.6) is 0 Å². The lowest BCUT2D eigenvalue weighted by Crippen LogP contribution is -2.44. The molecule has 0 amide bonds. The van der Waals surface area contributed by atoms with E-state index >= 15 is 0 Å². The van der Waals surface area contributed by atoms with Crippen LogP contribution >= 0.6 is 0 Å². The first kappa shape index (κ1) is 8.57. The van der Waals surface area contributed by atoms with E-state index in [1.54, 1.807) is 0 Å². The van der Waals surface area contributed by atoms with Gasteiger partial charge in [-0.2, -0.15) is 0 Å². The van der Waals surface area contributed by atoms with Crippen molar-refractivity contribution < 1.29 is 9.53 Å². The molecule has 2 atom stereocenters. The number of unbranched alkanes of at least 4 members (excludes halogenated alkanes) is 1. The maximum Gasteiger partial charge on any atom is 0.312 e. The SMILES string of the molecule is CCCC[C@@H]1OC(=O)[C@H]1CC. The Kier molecular flexibility index (Phi) is 2.92. The quantitative estimate of drug-likeness (QED) is 0.583. The van der Waals surface area contributed by atoms with E-state index < -0.39 is 0 Å². The zero-order chi connectivity index (χ0) is 8.27. The van der Waals surface area contributed by atoms with E-state index in [9.17, 15) is 4.79 Å². The topological polar surface area (TPSA) is 26.3 Å². The van der Waals surface area contributed by atoms with Crippen LogP contribution in [0, 0.1) is 5.92 Å². The standard InChI is InChI=1S/C9H16O2/c1-3-5-6-8-7(4-2)9(10)11-8/h7-8H,3-6H2,1-2H3/t7-,8-/m0/s1. The fourth-order valence-electron chi connectivity index (χ4n) is 1.49. The van der Waals surface area contributed by atoms with Crippen LogP contribution in [0.25, 0.3) is 0 Å². The highest BCUT2D eigenvalue weighted by Crippen LogP contribution is 2.28. The van der Waals surface area contributed by atoms with Gasteiger partial charge in [0.25, 0.3) is 0 Å². The predicted octanol–water partition coefficient (Wildman–Crippen LogP) is 2.13. The smallest absolute Gasteiger partial charge is 0.312 e. The zero-order valence-electron chi connectivity index (χ0n) is 7.30. The van der Waals surface area contributed by atoms with Gasteiger partial charge in [0.1, 0.15) is 6.10 Å². The Morgan fingerprint density at radius 2 is 2.18 bits per heavy atom. The monoisotopic (exact) mass is 156 g/mol. The van der Waals surface area contributed by atoms with Crippen molar-refractivity contribution >= 4 is 5.97 Å². The van der Waals surface area contributed by atoms with E-state index in [1.165, 1.54) is 12.8 Å². The van der Waals surface area contributed by atoms with Crippen molar-refractivity contribution in [2.24, 2.45) is 5.92 Å². The summed E-state index contributed by atoms with van der Waals surface area (Å²) in [6, 6.07) is 0. The van der Waals surface area contributed by atoms with E-state index in [0.29, 0.717) is 0 Å². The highest BCUT2D eigenvalue weighted by molar-refractivity contribution is 5.78. The minimum absolute atomic E-state index is 0.00797. The van der Waals surface area contributed by atoms with Crippen LogP contribution in [0.3, 0.4) is 0 Å². The van der Waals surface area contributed by atoms with Crippen LogP contribution < -0.4 is 0 Å². The third kappa shape index (κ3) is 1.73. The lowest BCUT2D eigenvalue weighted by molar-refractivity contribution is -0.185. The van der Waals surface area contributed by atoms with Gasteiger partial charge in [-0.25, -0.2) is 0 Å². The molecule has 1 aliphatic heterocycles. The molecule has 1 saturated heterocycles. The molecule has 0 bridgehead atoms. The van der Waals surface area contributed by atoms with E-state index in [-0.39, 0.29) is 18.0 Å². The summed E-state index contributed by atoms with van der Waals surface area (Å²) >= 11 is 0. The normalized spacial score (nSPS) is 29.5. The highest BCUT2D eigenvalue weighted by Gasteiger charge is 2.39. The molecule has 1 fully saturated rings. The number of carbonyl (C=O) groups is 1. The largest absolute Gasteiger partial charge is 0.461 e. The summed E-state index contributed by atoms with van der Waals surface area (Å²) < 4.78 is 5.01. The second-order valence-electron chi connectivity index (χ2n) is 3.13. The number of hydrogen-bond donors (Lipinski definition) is 0. The van der Waals surface area contributed by atoms with Crippen molar-refractivity contribution in [2.75, 3.05) is 0 Å². The molecule has 0 spiro atoms. The summed E-state index contributed by atoms with van der Waals surface area (Å²) in [6.45, 7) is 4.20. The van der Waals surface area contributed by atoms with Crippen LogP contribution in [-0.4, -0.2) is 12.1 Å². The average Bonchev–Trinajstić information content (AvgIpc) is 1.98. The third-order valence-corrected chi connectivity index (χ3v) is 2.30. The van der Waals surface area contributed by atoms with Gasteiger partial charge < -0.3 is 4.74 Å². The molecule has 64 valence electrons. The molecule has 11 heavy (non-hydrogen) atoms. The van der Waals surface area contributed by atoms with E-state index in [0.717, 1.165) is 12.8 Å². The van der Waals surface area contributed by atoms with Crippen molar-refractivity contribution in [2.45, 2.75) is 45.6 Å². The fraction of sp³-hybridized carbons (Fsp3) is 0.889. The number of cyclic esters (lactones) is 1. The number of rotatable bonds is 4. The molecule has 2 nitrogen and oxygen atoms in total. The second-order valence-corrected chi connectivity index (χ2v) is 3.13. The van der Waals surface area contributed by atoms with Crippen LogP contribution in [-0.2, 0) is 9.53 Å². The molecule has 0 aliphatic carbocycles. The molecule has 0 aromatic carbocycles. The van der Waals surface area contributed by atoms with Crippen LogP contribution in [0.2, 0.25) is 0 Å². The lowest BCUT2D eigenvalue weighted by Gasteiger charge is -2.34. The molecule has 0 N–H and O–H groups in total. The highest BCUT2D eigenvalue weighted by atomic mass is 16.6. The first-order chi connectivity index (χ1) is 5.29. The molecule has 2 heteroatoms. The maximum absolute atomic E-state index is 10.8. The van der Waals surface area contributed by atoms with Crippen molar-refractivity contribution in [1.29, 1.82) is 0 Å². The van der Waals surface area contributed by atoms with Gasteiger partial charge >= 0.3 is 5.97 Å². The Bertz CT molecular complexity index is 142. The van der Waals surface area contributed by atoms with Crippen LogP contribution in [0.15, 0.2) is 0 Å². The summed E-state index contributed by atoms with van der Waals surface area (Å²) in [5.41, 5.74) is 0. The molecule has 0 aromatic heterocycles. The van der Waals surface area contributed by atoms with Crippen molar-refractivity contribution in [1.82, 2.24) is 0 Å². The molecule has 0 unspecified atom stereocenters. The van der Waals surface area contributed by atoms with Gasteiger partial charge in [0, 0.05) is 0 Å². The van der Waals surface area contributed by atoms with Crippen molar-refractivity contribution in [3.8, 4) is 0 Å². The summed E-state index contributed by atoms with van der Waals surface area (Å²) in [6.07, 6.45) is 4.60. The summed E-state index contributed by atoms with van der Waals surface area (Å²) in [4.78, 5) is 10.8. The molecule has 0 radical (unpaired) electrons. The van der Waals surface area contributed by atoms with Gasteiger partial charge in [-0.1, -0.05) is 26.7 Å². The number of esters is 1. The molecule has 0 saturated carbocycles. The molecular formula is C9H16O2. The number of hydrogen-bond acceptors (Lipinski definition) is 2. The maximum atomic E-state index is 10.8. The minimum Gasteiger partial charge on any atom is -0.461 e. The second kappa shape index (κ2) is 3.74. The van der Waals surface area contributed by atoms with Gasteiger partial charge in [0.2, 0.25) is 0 Å². The van der Waals surface area contributed by atoms with Gasteiger partial charge in [-0.3, -0.25) is 4.79 Å². The summed E-state index contributed by atoms with van der Waals surface area (Å²) in [5, 5.41) is 0. The Hall–Kier alpha value is -0.530. The van der Waals surface area contributed by atoms with E-state index in [2.05, 4.69) is 6.92 Å². The first-order valence-electron chi connectivity index (χ1n) is 4.50. The Morgan fingerprint density at radius 3 is 2.64 bits per heavy atom. The molecule has 1 heterocycles. The first-order valence-corrected chi connectivity index (χ1v) is 4.50. The van der Waals surface area contributed by atoms with E-state index in [4.69, 9.17) is 4.74 Å². The third-order valence-electron chi connectivity index (χ3n) is 2.30. The van der Waals surface area contributed by atoms with Gasteiger partial charge in [0.05, 0.1) is 5.92 Å². The Balaban J connectivity index is 2.21. The molecular weight excluding hydrogens is 140 g/mol. The Labute approximate surface area is 67.9 Å². The average molecular weight is 156 g/mol. The van der Waals surface area contributed by atoms with Crippen molar-refractivity contribution in [3.05, 3.63) is 0 Å². The molecule has 1 aliphatic rings. The van der Waals surface area contributed by atoms with Gasteiger partial charge in [0.15, 0.2) is 0 Å². The van der Waals surface area contributed by atoms with Crippen molar-refractivity contribution in [3.63, 3.8) is 0 Å². The molecule has 0 aromatic rings. The minimum atomic E-state index is 0.00797. The Morgan fingerprint density at radius 1 is 1.45 bits per heavy atom. The van der Waals surface area contributed by atoms with Crippen LogP contribution in [0.1, 0.15) is 39.5 Å². The number of carbonyl (C=O) groups excluding carboxylic acids is 1. The lowest BCUT2D eigenvalue weighted by atomic mass is 9.90. The predicted molar refractivity (Wildman–Crippen MR) is 43.2 cm³/mol. The summed E-state index contributed by atoms with van der Waals surface area (Å²) in [5.74, 6) is 0.218. The molecule has 1 rings (SSSR count).